The van der Waals surface area contributed by atoms with Gasteiger partial charge < -0.3 is 10.6 Å². The van der Waals surface area contributed by atoms with Crippen LogP contribution in [-0.4, -0.2) is 24.3 Å². The lowest BCUT2D eigenvalue weighted by Crippen LogP contribution is -2.61. The summed E-state index contributed by atoms with van der Waals surface area (Å²) in [7, 11) is 0. The van der Waals surface area contributed by atoms with Crippen LogP contribution in [0.4, 0.5) is 0 Å². The monoisotopic (exact) mass is 320 g/mol. The maximum Gasteiger partial charge on any atom is 0.0901 e. The first kappa shape index (κ1) is 17.2. The van der Waals surface area contributed by atoms with Crippen molar-refractivity contribution in [3.05, 3.63) is 34.9 Å². The summed E-state index contributed by atoms with van der Waals surface area (Å²) < 4.78 is 0. The normalized spacial score (nSPS) is 25.7. The SMILES string of the molecule is CC(C)(C)NC1CCNC(NCc2ccc(Cl)cc2)C1C#N. The van der Waals surface area contributed by atoms with Gasteiger partial charge in [0.15, 0.2) is 0 Å². The van der Waals surface area contributed by atoms with E-state index >= 15 is 0 Å². The van der Waals surface area contributed by atoms with Crippen molar-refractivity contribution in [3.8, 4) is 6.07 Å². The molecule has 0 bridgehead atoms. The average Bonchev–Trinajstić information content (AvgIpc) is 2.45. The molecule has 3 atom stereocenters. The van der Waals surface area contributed by atoms with E-state index in [2.05, 4.69) is 42.8 Å². The summed E-state index contributed by atoms with van der Waals surface area (Å²) in [6.07, 6.45) is 0.962. The molecule has 120 valence electrons. The fourth-order valence-electron chi connectivity index (χ4n) is 2.85. The first-order valence-electron chi connectivity index (χ1n) is 7.77. The van der Waals surface area contributed by atoms with Crippen LogP contribution in [0.2, 0.25) is 5.02 Å². The molecule has 0 saturated carbocycles. The van der Waals surface area contributed by atoms with E-state index in [1.807, 2.05) is 24.3 Å². The van der Waals surface area contributed by atoms with Crippen molar-refractivity contribution in [2.24, 2.45) is 5.92 Å². The third-order valence-electron chi connectivity index (χ3n) is 3.82. The van der Waals surface area contributed by atoms with Gasteiger partial charge in [0.2, 0.25) is 0 Å². The summed E-state index contributed by atoms with van der Waals surface area (Å²) in [6, 6.07) is 10.4. The van der Waals surface area contributed by atoms with Gasteiger partial charge in [-0.1, -0.05) is 23.7 Å². The molecule has 1 aliphatic heterocycles. The van der Waals surface area contributed by atoms with E-state index in [4.69, 9.17) is 11.6 Å². The Morgan fingerprint density at radius 3 is 2.59 bits per heavy atom. The predicted molar refractivity (Wildman–Crippen MR) is 90.5 cm³/mol. The number of hydrogen-bond acceptors (Lipinski definition) is 4. The molecule has 0 aliphatic carbocycles. The Labute approximate surface area is 138 Å². The van der Waals surface area contributed by atoms with Crippen molar-refractivity contribution in [2.45, 2.75) is 51.5 Å². The van der Waals surface area contributed by atoms with Crippen LogP contribution in [0.5, 0.6) is 0 Å². The molecule has 2 rings (SSSR count). The molecule has 0 radical (unpaired) electrons. The van der Waals surface area contributed by atoms with Gasteiger partial charge in [-0.25, -0.2) is 0 Å². The zero-order chi connectivity index (χ0) is 16.2. The molecule has 1 aliphatic rings. The Balaban J connectivity index is 1.97. The van der Waals surface area contributed by atoms with Crippen LogP contribution < -0.4 is 16.0 Å². The first-order chi connectivity index (χ1) is 10.4. The zero-order valence-electron chi connectivity index (χ0n) is 13.5. The molecule has 0 aromatic heterocycles. The third kappa shape index (κ3) is 4.96. The quantitative estimate of drug-likeness (QED) is 0.798. The number of rotatable bonds is 4. The minimum Gasteiger partial charge on any atom is -0.308 e. The predicted octanol–water partition coefficient (Wildman–Crippen LogP) is 2.65. The summed E-state index contributed by atoms with van der Waals surface area (Å²) in [5.74, 6) is -0.0970. The van der Waals surface area contributed by atoms with E-state index in [9.17, 15) is 5.26 Å². The lowest BCUT2D eigenvalue weighted by molar-refractivity contribution is 0.196. The second-order valence-corrected chi connectivity index (χ2v) is 7.32. The maximum absolute atomic E-state index is 9.57. The maximum atomic E-state index is 9.57. The Kier molecular flexibility index (Phi) is 5.82. The van der Waals surface area contributed by atoms with Crippen LogP contribution in [0, 0.1) is 17.2 Å². The average molecular weight is 321 g/mol. The highest BCUT2D eigenvalue weighted by Gasteiger charge is 2.34. The highest BCUT2D eigenvalue weighted by atomic mass is 35.5. The highest BCUT2D eigenvalue weighted by molar-refractivity contribution is 6.30. The molecule has 22 heavy (non-hydrogen) atoms. The zero-order valence-corrected chi connectivity index (χ0v) is 14.2. The number of benzene rings is 1. The van der Waals surface area contributed by atoms with Gasteiger partial charge in [-0.15, -0.1) is 0 Å². The van der Waals surface area contributed by atoms with Crippen molar-refractivity contribution < 1.29 is 0 Å². The summed E-state index contributed by atoms with van der Waals surface area (Å²) in [5.41, 5.74) is 1.17. The van der Waals surface area contributed by atoms with Crippen LogP contribution >= 0.6 is 11.6 Å². The fourth-order valence-corrected chi connectivity index (χ4v) is 2.97. The summed E-state index contributed by atoms with van der Waals surface area (Å²) in [4.78, 5) is 0. The van der Waals surface area contributed by atoms with E-state index in [0.717, 1.165) is 30.1 Å². The standard InChI is InChI=1S/C17H25ClN4/c1-17(2,3)22-15-8-9-20-16(14(15)10-19)21-11-12-4-6-13(18)7-5-12/h4-7,14-16,20-22H,8-9,11H2,1-3H3. The van der Waals surface area contributed by atoms with E-state index in [1.54, 1.807) is 0 Å². The molecule has 4 nitrogen and oxygen atoms in total. The van der Waals surface area contributed by atoms with Gasteiger partial charge in [0, 0.05) is 23.1 Å². The van der Waals surface area contributed by atoms with Crippen molar-refractivity contribution in [1.29, 1.82) is 5.26 Å². The van der Waals surface area contributed by atoms with Gasteiger partial charge in [0.1, 0.15) is 0 Å². The van der Waals surface area contributed by atoms with Crippen LogP contribution in [0.25, 0.3) is 0 Å². The highest BCUT2D eigenvalue weighted by Crippen LogP contribution is 2.19. The number of hydrogen-bond donors (Lipinski definition) is 3. The molecular weight excluding hydrogens is 296 g/mol. The van der Waals surface area contributed by atoms with Crippen LogP contribution in [0.15, 0.2) is 24.3 Å². The topological polar surface area (TPSA) is 59.9 Å². The Bertz CT molecular complexity index is 515. The van der Waals surface area contributed by atoms with Crippen molar-refractivity contribution in [1.82, 2.24) is 16.0 Å². The summed E-state index contributed by atoms with van der Waals surface area (Å²) >= 11 is 5.90. The van der Waals surface area contributed by atoms with Gasteiger partial charge in [0.05, 0.1) is 18.2 Å². The van der Waals surface area contributed by atoms with Gasteiger partial charge >= 0.3 is 0 Å². The molecule has 5 heteroatoms. The van der Waals surface area contributed by atoms with Gasteiger partial charge in [-0.05, 0) is 51.4 Å². The van der Waals surface area contributed by atoms with Crippen molar-refractivity contribution in [2.75, 3.05) is 6.54 Å². The second-order valence-electron chi connectivity index (χ2n) is 6.88. The molecule has 0 amide bonds. The third-order valence-corrected chi connectivity index (χ3v) is 4.07. The molecule has 1 aromatic carbocycles. The number of nitrogens with one attached hydrogen (secondary N) is 3. The van der Waals surface area contributed by atoms with Gasteiger partial charge in [-0.2, -0.15) is 5.26 Å². The van der Waals surface area contributed by atoms with Crippen molar-refractivity contribution >= 4 is 11.6 Å². The van der Waals surface area contributed by atoms with E-state index in [-0.39, 0.29) is 23.7 Å². The largest absolute Gasteiger partial charge is 0.308 e. The van der Waals surface area contributed by atoms with Gasteiger partial charge in [0.25, 0.3) is 0 Å². The number of nitriles is 1. The molecule has 0 spiro atoms. The summed E-state index contributed by atoms with van der Waals surface area (Å²) in [6.45, 7) is 8.04. The van der Waals surface area contributed by atoms with E-state index in [0.29, 0.717) is 0 Å². The van der Waals surface area contributed by atoms with E-state index in [1.165, 1.54) is 0 Å². The Morgan fingerprint density at radius 1 is 1.32 bits per heavy atom. The van der Waals surface area contributed by atoms with Crippen LogP contribution in [0.1, 0.15) is 32.8 Å². The lowest BCUT2D eigenvalue weighted by atomic mass is 9.89. The minimum absolute atomic E-state index is 0.00530. The lowest BCUT2D eigenvalue weighted by Gasteiger charge is -2.39. The number of halogens is 1. The van der Waals surface area contributed by atoms with Crippen LogP contribution in [0.3, 0.4) is 0 Å². The van der Waals surface area contributed by atoms with E-state index < -0.39 is 0 Å². The second kappa shape index (κ2) is 7.43. The number of piperidine rings is 1. The minimum atomic E-state index is -0.0970. The van der Waals surface area contributed by atoms with Crippen molar-refractivity contribution in [3.63, 3.8) is 0 Å². The Hall–Kier alpha value is -1.12. The molecule has 3 N–H and O–H groups in total. The molecule has 1 aromatic rings. The van der Waals surface area contributed by atoms with Gasteiger partial charge in [-0.3, -0.25) is 5.32 Å². The molecule has 1 saturated heterocycles. The Morgan fingerprint density at radius 2 is 2.00 bits per heavy atom. The molecule has 1 fully saturated rings. The van der Waals surface area contributed by atoms with Crippen LogP contribution in [-0.2, 0) is 6.54 Å². The fraction of sp³-hybridized carbons (Fsp3) is 0.588. The smallest absolute Gasteiger partial charge is 0.0901 e. The molecule has 3 unspecified atom stereocenters. The number of nitrogens with zero attached hydrogens (tertiary/aromatic N) is 1. The molecule has 1 heterocycles. The summed E-state index contributed by atoms with van der Waals surface area (Å²) in [5, 5.41) is 20.8. The first-order valence-corrected chi connectivity index (χ1v) is 8.15. The molecular formula is C17H25ClN4.